The van der Waals surface area contributed by atoms with Gasteiger partial charge in [-0.1, -0.05) is 50.6 Å². The second kappa shape index (κ2) is 7.07. The van der Waals surface area contributed by atoms with E-state index in [9.17, 15) is 10.5 Å². The monoisotopic (exact) mass is 292 g/mol. The topological polar surface area (TPSA) is 56.8 Å². The molecular weight excluding hydrogens is 272 g/mol. The average Bonchev–Trinajstić information content (AvgIpc) is 2.60. The number of hydrogen-bond donors (Lipinski definition) is 0. The summed E-state index contributed by atoms with van der Waals surface area (Å²) in [6.45, 7) is 4.80. The number of hydrogen-bond acceptors (Lipinski definition) is 3. The standard InChI is InChI=1S/C19H20N2O/c1-3-15(2)13-22-19(14-21)10-8-16(9-11-19)18-7-5-4-6-17(18)12-20/h4-10,15H,3,11,13H2,1-2H3. The Bertz CT molecular complexity index is 675. The Kier molecular flexibility index (Phi) is 5.15. The summed E-state index contributed by atoms with van der Waals surface area (Å²) >= 11 is 0. The molecule has 22 heavy (non-hydrogen) atoms. The van der Waals surface area contributed by atoms with Crippen LogP contribution in [0.1, 0.15) is 37.8 Å². The first-order valence-electron chi connectivity index (χ1n) is 7.58. The Morgan fingerprint density at radius 3 is 2.68 bits per heavy atom. The van der Waals surface area contributed by atoms with Crippen LogP contribution in [-0.2, 0) is 4.74 Å². The van der Waals surface area contributed by atoms with Gasteiger partial charge in [-0.05, 0) is 29.2 Å². The van der Waals surface area contributed by atoms with Crippen LogP contribution in [0.15, 0.2) is 42.5 Å². The first-order chi connectivity index (χ1) is 10.6. The summed E-state index contributed by atoms with van der Waals surface area (Å²) in [5.74, 6) is 0.434. The lowest BCUT2D eigenvalue weighted by Gasteiger charge is -2.27. The van der Waals surface area contributed by atoms with E-state index in [4.69, 9.17) is 4.74 Å². The number of nitrogens with zero attached hydrogens (tertiary/aromatic N) is 2. The number of rotatable bonds is 5. The van der Waals surface area contributed by atoms with Gasteiger partial charge in [0.25, 0.3) is 0 Å². The van der Waals surface area contributed by atoms with E-state index in [-0.39, 0.29) is 0 Å². The van der Waals surface area contributed by atoms with Crippen molar-refractivity contribution >= 4 is 5.57 Å². The molecule has 2 rings (SSSR count). The molecule has 0 amide bonds. The van der Waals surface area contributed by atoms with Crippen LogP contribution < -0.4 is 0 Å². The summed E-state index contributed by atoms with van der Waals surface area (Å²) in [4.78, 5) is 0. The van der Waals surface area contributed by atoms with E-state index in [1.165, 1.54) is 0 Å². The third-order valence-corrected chi connectivity index (χ3v) is 4.03. The van der Waals surface area contributed by atoms with Gasteiger partial charge >= 0.3 is 0 Å². The van der Waals surface area contributed by atoms with Gasteiger partial charge in [0.2, 0.25) is 0 Å². The van der Waals surface area contributed by atoms with Crippen LogP contribution in [0.5, 0.6) is 0 Å². The molecule has 0 saturated heterocycles. The Balaban J connectivity index is 2.17. The minimum atomic E-state index is -0.880. The molecule has 0 aromatic heterocycles. The van der Waals surface area contributed by atoms with E-state index in [2.05, 4.69) is 26.0 Å². The van der Waals surface area contributed by atoms with Crippen LogP contribution in [0.3, 0.4) is 0 Å². The van der Waals surface area contributed by atoms with Crippen molar-refractivity contribution in [3.63, 3.8) is 0 Å². The largest absolute Gasteiger partial charge is 0.356 e. The van der Waals surface area contributed by atoms with Crippen molar-refractivity contribution in [1.82, 2.24) is 0 Å². The first kappa shape index (κ1) is 16.0. The highest BCUT2D eigenvalue weighted by Crippen LogP contribution is 2.31. The fourth-order valence-corrected chi connectivity index (χ4v) is 2.29. The molecule has 1 aliphatic carbocycles. The van der Waals surface area contributed by atoms with Gasteiger partial charge in [0.1, 0.15) is 6.07 Å². The summed E-state index contributed by atoms with van der Waals surface area (Å²) in [6.07, 6.45) is 7.22. The summed E-state index contributed by atoms with van der Waals surface area (Å²) in [5, 5.41) is 18.7. The van der Waals surface area contributed by atoms with Crippen LogP contribution in [0.2, 0.25) is 0 Å². The number of benzene rings is 1. The van der Waals surface area contributed by atoms with Gasteiger partial charge in [-0.3, -0.25) is 0 Å². The van der Waals surface area contributed by atoms with Crippen molar-refractivity contribution in [2.24, 2.45) is 5.92 Å². The summed E-state index contributed by atoms with van der Waals surface area (Å²) < 4.78 is 5.86. The molecule has 0 bridgehead atoms. The second-order valence-corrected chi connectivity index (χ2v) is 5.68. The lowest BCUT2D eigenvalue weighted by atomic mass is 9.88. The maximum Gasteiger partial charge on any atom is 0.176 e. The lowest BCUT2D eigenvalue weighted by molar-refractivity contribution is 0.0147. The van der Waals surface area contributed by atoms with E-state index in [0.29, 0.717) is 24.5 Å². The third kappa shape index (κ3) is 3.45. The Morgan fingerprint density at radius 2 is 2.09 bits per heavy atom. The minimum Gasteiger partial charge on any atom is -0.356 e. The van der Waals surface area contributed by atoms with Gasteiger partial charge < -0.3 is 4.74 Å². The summed E-state index contributed by atoms with van der Waals surface area (Å²) in [6, 6.07) is 12.0. The third-order valence-electron chi connectivity index (χ3n) is 4.03. The van der Waals surface area contributed by atoms with Crippen LogP contribution >= 0.6 is 0 Å². The Hall–Kier alpha value is -2.36. The zero-order valence-electron chi connectivity index (χ0n) is 13.0. The molecule has 3 heteroatoms. The molecule has 0 N–H and O–H groups in total. The van der Waals surface area contributed by atoms with E-state index in [1.807, 2.05) is 36.4 Å². The maximum absolute atomic E-state index is 9.48. The summed E-state index contributed by atoms with van der Waals surface area (Å²) in [7, 11) is 0. The van der Waals surface area contributed by atoms with Crippen LogP contribution in [-0.4, -0.2) is 12.2 Å². The van der Waals surface area contributed by atoms with Gasteiger partial charge in [-0.15, -0.1) is 0 Å². The SMILES string of the molecule is CCC(C)COC1(C#N)C=CC(c2ccccc2C#N)=CC1. The van der Waals surface area contributed by atoms with Crippen molar-refractivity contribution in [2.75, 3.05) is 6.61 Å². The van der Waals surface area contributed by atoms with Crippen molar-refractivity contribution in [3.05, 3.63) is 53.6 Å². The van der Waals surface area contributed by atoms with Crippen LogP contribution in [0.4, 0.5) is 0 Å². The number of allylic oxidation sites excluding steroid dienone is 2. The fourth-order valence-electron chi connectivity index (χ4n) is 2.29. The zero-order valence-corrected chi connectivity index (χ0v) is 13.0. The van der Waals surface area contributed by atoms with Gasteiger partial charge in [0.05, 0.1) is 18.2 Å². The molecule has 0 saturated carbocycles. The van der Waals surface area contributed by atoms with Gasteiger partial charge in [-0.25, -0.2) is 0 Å². The molecule has 112 valence electrons. The maximum atomic E-state index is 9.48. The fraction of sp³-hybridized carbons (Fsp3) is 0.368. The highest BCUT2D eigenvalue weighted by molar-refractivity contribution is 5.79. The van der Waals surface area contributed by atoms with Crippen molar-refractivity contribution < 1.29 is 4.74 Å². The second-order valence-electron chi connectivity index (χ2n) is 5.68. The van der Waals surface area contributed by atoms with Crippen LogP contribution in [0.25, 0.3) is 5.57 Å². The molecule has 3 nitrogen and oxygen atoms in total. The van der Waals surface area contributed by atoms with Crippen molar-refractivity contribution in [1.29, 1.82) is 10.5 Å². The van der Waals surface area contributed by atoms with Crippen molar-refractivity contribution in [3.8, 4) is 12.1 Å². The highest BCUT2D eigenvalue weighted by Gasteiger charge is 2.30. The Morgan fingerprint density at radius 1 is 1.32 bits per heavy atom. The molecule has 0 heterocycles. The molecule has 0 spiro atoms. The summed E-state index contributed by atoms with van der Waals surface area (Å²) in [5.41, 5.74) is 1.63. The molecule has 1 aromatic rings. The molecule has 0 fully saturated rings. The Labute approximate surface area is 132 Å². The number of nitriles is 2. The lowest BCUT2D eigenvalue weighted by Crippen LogP contribution is -2.31. The highest BCUT2D eigenvalue weighted by atomic mass is 16.5. The van der Waals surface area contributed by atoms with E-state index in [0.717, 1.165) is 17.6 Å². The van der Waals surface area contributed by atoms with Crippen molar-refractivity contribution in [2.45, 2.75) is 32.3 Å². The van der Waals surface area contributed by atoms with E-state index < -0.39 is 5.60 Å². The number of ether oxygens (including phenoxy) is 1. The average molecular weight is 292 g/mol. The van der Waals surface area contributed by atoms with Crippen LogP contribution in [0, 0.1) is 28.6 Å². The molecule has 0 radical (unpaired) electrons. The normalized spacial score (nSPS) is 21.5. The molecule has 0 aliphatic heterocycles. The predicted molar refractivity (Wildman–Crippen MR) is 86.6 cm³/mol. The van der Waals surface area contributed by atoms with Gasteiger partial charge in [-0.2, -0.15) is 10.5 Å². The first-order valence-corrected chi connectivity index (χ1v) is 7.58. The minimum absolute atomic E-state index is 0.434. The van der Waals surface area contributed by atoms with Gasteiger partial charge in [0.15, 0.2) is 5.60 Å². The van der Waals surface area contributed by atoms with E-state index >= 15 is 0 Å². The zero-order chi connectivity index (χ0) is 16.0. The molecule has 2 unspecified atom stereocenters. The molecule has 1 aliphatic rings. The smallest absolute Gasteiger partial charge is 0.176 e. The van der Waals surface area contributed by atoms with Gasteiger partial charge in [0, 0.05) is 6.42 Å². The molecular formula is C19H20N2O. The quantitative estimate of drug-likeness (QED) is 0.816. The van der Waals surface area contributed by atoms with E-state index in [1.54, 1.807) is 6.07 Å². The molecule has 2 atom stereocenters. The predicted octanol–water partition coefficient (Wildman–Crippen LogP) is 4.23. The molecule has 1 aromatic carbocycles.